The van der Waals surface area contributed by atoms with E-state index in [1.807, 2.05) is 43.4 Å². The van der Waals surface area contributed by atoms with Gasteiger partial charge in [0.1, 0.15) is 0 Å². The van der Waals surface area contributed by atoms with E-state index < -0.39 is 0 Å². The van der Waals surface area contributed by atoms with Crippen LogP contribution in [-0.2, 0) is 134 Å². The van der Waals surface area contributed by atoms with Crippen LogP contribution >= 0.6 is 0 Å². The van der Waals surface area contributed by atoms with Gasteiger partial charge in [-0.25, -0.2) is 0 Å². The number of fused-ring (bicyclic) bond motifs is 15. The zero-order valence-electron chi connectivity index (χ0n) is 35.0. The first-order valence-corrected chi connectivity index (χ1v) is 24.7. The number of guanidine groups is 3. The van der Waals surface area contributed by atoms with Gasteiger partial charge in [-0.1, -0.05) is 0 Å². The van der Waals surface area contributed by atoms with Crippen LogP contribution < -0.4 is 38.5 Å². The van der Waals surface area contributed by atoms with Gasteiger partial charge in [-0.3, -0.25) is 0 Å². The van der Waals surface area contributed by atoms with Crippen molar-refractivity contribution >= 4 is 65.6 Å². The molecule has 6 bridgehead atoms. The molecule has 9 aliphatic heterocycles. The van der Waals surface area contributed by atoms with Crippen LogP contribution in [-0.4, -0.2) is 163 Å². The summed E-state index contributed by atoms with van der Waals surface area (Å²) < 4.78 is 19.1. The van der Waals surface area contributed by atoms with Crippen molar-refractivity contribution in [2.75, 3.05) is 46.3 Å². The molecular formula is C38H47N14O9W3Y-. The predicted octanol–water partition coefficient (Wildman–Crippen LogP) is -5.28. The second kappa shape index (κ2) is 22.0. The molecule has 11 N–H and O–H groups in total. The third-order valence-corrected chi connectivity index (χ3v) is 14.0. The average Bonchev–Trinajstić information content (AvgIpc) is 4.13. The molecule has 0 aliphatic carbocycles. The predicted molar refractivity (Wildman–Crippen MR) is 217 cm³/mol. The van der Waals surface area contributed by atoms with Crippen molar-refractivity contribution in [3.63, 3.8) is 0 Å². The van der Waals surface area contributed by atoms with Gasteiger partial charge in [0.25, 0.3) is 0 Å². The Morgan fingerprint density at radius 1 is 0.615 bits per heavy atom. The Morgan fingerprint density at radius 3 is 1.31 bits per heavy atom. The van der Waals surface area contributed by atoms with Gasteiger partial charge in [0.15, 0.2) is 0 Å². The van der Waals surface area contributed by atoms with Gasteiger partial charge in [0, 0.05) is 32.7 Å². The molecule has 1 radical (unpaired) electrons. The number of rotatable bonds is 14. The first-order valence-electron chi connectivity index (χ1n) is 20.3. The van der Waals surface area contributed by atoms with Gasteiger partial charge in [-0.2, -0.15) is 0 Å². The molecule has 9 rings (SSSR count). The minimum Gasteiger partial charge on any atom is 0 e. The van der Waals surface area contributed by atoms with E-state index >= 15 is 0 Å². The van der Waals surface area contributed by atoms with Crippen molar-refractivity contribution in [2.24, 2.45) is 67.7 Å². The van der Waals surface area contributed by atoms with Crippen molar-refractivity contribution in [1.82, 2.24) is 36.0 Å². The largest absolute Gasteiger partial charge is 0 e. The number of carbonyl (C=O) groups excluding carboxylic acids is 6. The summed E-state index contributed by atoms with van der Waals surface area (Å²) in [4.78, 5) is 89.7. The van der Waals surface area contributed by atoms with E-state index in [0.717, 1.165) is 46.9 Å². The Kier molecular flexibility index (Phi) is 17.4. The number of imide groups is 3. The number of hydrogen-bond acceptors (Lipinski definition) is 14. The fourth-order valence-corrected chi connectivity index (χ4v) is 11.0. The van der Waals surface area contributed by atoms with E-state index in [0.29, 0.717) is 42.2 Å². The Bertz CT molecular complexity index is 2130. The van der Waals surface area contributed by atoms with E-state index in [2.05, 4.69) is 36.2 Å². The Balaban J connectivity index is 0.000000160. The number of nitrogens with zero attached hydrogens (tertiary/aromatic N) is 6. The maximum absolute atomic E-state index is 12.4. The van der Waals surface area contributed by atoms with Crippen LogP contribution in [0.25, 0.3) is 5.73 Å². The van der Waals surface area contributed by atoms with Crippen LogP contribution in [0.15, 0.2) is 51.4 Å². The summed E-state index contributed by atoms with van der Waals surface area (Å²) in [5, 5.41) is 11.9. The molecule has 0 aromatic heterocycles. The summed E-state index contributed by atoms with van der Waals surface area (Å²) in [6.45, 7) is 3.98. The molecular weight excluding hydrogens is 1440 g/mol. The number of carbonyl (C=O) groups is 6. The minimum atomic E-state index is -0.356. The molecule has 9 aliphatic rings. The van der Waals surface area contributed by atoms with Crippen molar-refractivity contribution in [1.29, 1.82) is 0 Å². The van der Waals surface area contributed by atoms with Crippen molar-refractivity contribution in [2.45, 2.75) is 43.5 Å². The maximum Gasteiger partial charge on any atom is 0 e. The fourth-order valence-electron chi connectivity index (χ4n) is 9.17. The molecule has 0 spiro atoms. The van der Waals surface area contributed by atoms with E-state index in [1.54, 1.807) is 7.05 Å². The van der Waals surface area contributed by atoms with E-state index in [1.165, 1.54) is 34.1 Å². The maximum atomic E-state index is 12.4. The number of nitrogens with two attached hydrogens (primary N) is 3. The van der Waals surface area contributed by atoms with Crippen molar-refractivity contribution in [3.8, 4) is 0 Å². The van der Waals surface area contributed by atoms with Gasteiger partial charge in [0.2, 0.25) is 0 Å². The zero-order valence-corrected chi connectivity index (χ0v) is 46.7. The van der Waals surface area contributed by atoms with Crippen molar-refractivity contribution in [3.05, 3.63) is 42.2 Å². The fraction of sp³-hybridized carbons (Fsp3) is 0.526. The van der Waals surface area contributed by atoms with Crippen LogP contribution in [0.2, 0.25) is 0 Å². The van der Waals surface area contributed by atoms with Gasteiger partial charge >= 0.3 is 402 Å². The van der Waals surface area contributed by atoms with Crippen LogP contribution in [0.1, 0.15) is 6.92 Å². The average molecular weight is 1480 g/mol. The molecule has 9 heterocycles. The minimum absolute atomic E-state index is 0. The quantitative estimate of drug-likeness (QED) is 0.0370. The number of aliphatic imine (C=N–C) groups is 3. The van der Waals surface area contributed by atoms with Crippen LogP contribution in [0.3, 0.4) is 0 Å². The third kappa shape index (κ3) is 10.8. The second-order valence-corrected chi connectivity index (χ2v) is 20.7. The van der Waals surface area contributed by atoms with Crippen molar-refractivity contribution < 1.29 is 134 Å². The number of likely N-dealkylation sites (tertiary alicyclic amines) is 3. The summed E-state index contributed by atoms with van der Waals surface area (Å²) in [6.07, 6.45) is 9.82. The first-order chi connectivity index (χ1) is 30.5. The molecule has 0 saturated carbocycles. The second-order valence-electron chi connectivity index (χ2n) is 15.7. The number of ether oxygens (including phenoxy) is 3. The molecule has 65 heavy (non-hydrogen) atoms. The molecule has 6 fully saturated rings. The summed E-state index contributed by atoms with van der Waals surface area (Å²) in [5.41, 5.74) is 23.5. The molecule has 0 aromatic carbocycles. The Hall–Kier alpha value is -2.97. The molecule has 345 valence electrons. The summed E-state index contributed by atoms with van der Waals surface area (Å²) in [5.74, 6) is -2.56. The number of hydrogen-bond donors (Lipinski definition) is 7. The number of amides is 6. The van der Waals surface area contributed by atoms with Gasteiger partial charge in [-0.05, 0) is 0 Å². The van der Waals surface area contributed by atoms with E-state index in [-0.39, 0.29) is 159 Å². The normalized spacial score (nSPS) is 33.0. The molecule has 12 atom stereocenters. The Morgan fingerprint density at radius 2 is 0.969 bits per heavy atom. The molecule has 0 aromatic rings. The smallest absolute Gasteiger partial charge is 0 e. The van der Waals surface area contributed by atoms with Crippen LogP contribution in [0.4, 0.5) is 0 Å². The molecule has 12 unspecified atom stereocenters. The summed E-state index contributed by atoms with van der Waals surface area (Å²) in [7, 11) is 1.59. The standard InChI is InChI=1S/C13H17N5O3.C13H16N4O3.C12H14N5O3.3W.Y/c1-15-13(14)17-6-16-4-5-18-11(19)9-7-2-3-8(21-7)10(9)12(18)20;1-2-15-13(14)16-5-6-17-11(18)9-7-3-4-8(20-7)10(9)12(17)19;13-12(14)16-5-15-3-4-17-10(18)8-6-1-2-7(20-6)9(8)11(17)19;;;;/h2-3,7-10,16H,4-5H2,1H3,(H3,14,15,17);3-4,7-10H,5-6H2,1H3,(H3,14,15,16);1-2,6-9,15H,3-4H2,(H3-,13,14,16);;;;/q;;-1;;;;. The topological polar surface area (TPSA) is 327 Å². The zero-order chi connectivity index (χ0) is 46.1. The Labute approximate surface area is 431 Å². The summed E-state index contributed by atoms with van der Waals surface area (Å²) in [6, 6.07) is 0. The summed E-state index contributed by atoms with van der Waals surface area (Å²) >= 11 is 3.48. The molecule has 6 saturated heterocycles. The van der Waals surface area contributed by atoms with Crippen LogP contribution in [0, 0.1) is 35.5 Å². The van der Waals surface area contributed by atoms with Gasteiger partial charge < -0.3 is 0 Å². The van der Waals surface area contributed by atoms with E-state index in [9.17, 15) is 28.8 Å². The molecule has 23 nitrogen and oxygen atoms in total. The molecule has 6 amide bonds. The monoisotopic (exact) mass is 1480 g/mol. The van der Waals surface area contributed by atoms with Crippen LogP contribution in [0.5, 0.6) is 0 Å². The van der Waals surface area contributed by atoms with Gasteiger partial charge in [-0.15, -0.1) is 0 Å². The first kappa shape index (κ1) is 51.4. The van der Waals surface area contributed by atoms with Gasteiger partial charge in [0.05, 0.1) is 0 Å². The SMILES string of the molecule is CN=C(N)N[C](=[W])NCCN1C(=O)C2C3C=CC(O3)C2C1=O.C[C](=[W])NC(N)=NCCN1C(=O)C2C3C=CC(O3)C2C1=O.[NH-]C(N)=N[C](=[W])NCCN1C(=O)C2C3C=CC(O3)C2C1=O.[Y]. The van der Waals surface area contributed by atoms with E-state index in [4.69, 9.17) is 37.1 Å². The third-order valence-electron chi connectivity index (χ3n) is 11.9. The number of nitrogens with one attached hydrogen (secondary N) is 5. The molecule has 27 heteroatoms.